The van der Waals surface area contributed by atoms with Crippen LogP contribution in [0.2, 0.25) is 0 Å². The zero-order chi connectivity index (χ0) is 22.4. The number of fused-ring (bicyclic) bond motifs is 6. The van der Waals surface area contributed by atoms with Gasteiger partial charge < -0.3 is 14.5 Å². The molecular weight excluding hydrogens is 414 g/mol. The van der Waals surface area contributed by atoms with Crippen molar-refractivity contribution in [1.82, 2.24) is 14.8 Å². The van der Waals surface area contributed by atoms with Gasteiger partial charge in [-0.05, 0) is 57.3 Å². The smallest absolute Gasteiger partial charge is 0.337 e. The molecular formula is C27H39N3O3. The third kappa shape index (κ3) is 3.87. The van der Waals surface area contributed by atoms with E-state index in [1.165, 1.54) is 41.4 Å². The van der Waals surface area contributed by atoms with Gasteiger partial charge in [0.25, 0.3) is 0 Å². The third-order valence-corrected chi connectivity index (χ3v) is 8.45. The Morgan fingerprint density at radius 3 is 2.94 bits per heavy atom. The van der Waals surface area contributed by atoms with Crippen molar-refractivity contribution in [3.8, 4) is 0 Å². The molecule has 6 heteroatoms. The summed E-state index contributed by atoms with van der Waals surface area (Å²) in [5.74, 6) is 0.312. The van der Waals surface area contributed by atoms with Crippen LogP contribution in [0.25, 0.3) is 10.9 Å². The molecule has 0 bridgehead atoms. The van der Waals surface area contributed by atoms with E-state index in [-0.39, 0.29) is 20.8 Å². The summed E-state index contributed by atoms with van der Waals surface area (Å²) < 4.78 is 11.7. The van der Waals surface area contributed by atoms with Crippen molar-refractivity contribution in [2.75, 3.05) is 39.3 Å². The molecule has 6 nitrogen and oxygen atoms in total. The highest BCUT2D eigenvalue weighted by Gasteiger charge is 2.47. The molecule has 4 aliphatic rings. The van der Waals surface area contributed by atoms with Crippen LogP contribution >= 0.6 is 0 Å². The van der Waals surface area contributed by atoms with Gasteiger partial charge in [0.1, 0.15) is 6.61 Å². The van der Waals surface area contributed by atoms with Crippen LogP contribution in [-0.2, 0) is 20.7 Å². The average Bonchev–Trinajstić information content (AvgIpc) is 3.23. The molecule has 0 amide bonds. The topological polar surface area (TPSA) is 57.8 Å². The van der Waals surface area contributed by atoms with Crippen molar-refractivity contribution >= 4 is 16.9 Å². The van der Waals surface area contributed by atoms with Gasteiger partial charge in [0.15, 0.2) is 0 Å². The molecule has 4 aliphatic heterocycles. The number of ether oxygens (including phenoxy) is 2. The molecule has 2 aromatic rings. The summed E-state index contributed by atoms with van der Waals surface area (Å²) >= 11 is 0. The van der Waals surface area contributed by atoms with E-state index >= 15 is 0 Å². The first-order valence-corrected chi connectivity index (χ1v) is 12.8. The summed E-state index contributed by atoms with van der Waals surface area (Å²) in [6.07, 6.45) is 7.65. The summed E-state index contributed by atoms with van der Waals surface area (Å²) in [5.41, 5.74) is 4.76. The maximum atomic E-state index is 13.1. The van der Waals surface area contributed by atoms with Gasteiger partial charge in [0, 0.05) is 50.9 Å². The van der Waals surface area contributed by atoms with Gasteiger partial charge in [-0.25, -0.2) is 4.79 Å². The summed E-state index contributed by atoms with van der Waals surface area (Å²) in [5, 5.41) is 1.35. The van der Waals surface area contributed by atoms with Gasteiger partial charge in [0.2, 0.25) is 0 Å². The number of hydrogen-bond acceptors (Lipinski definition) is 5. The van der Waals surface area contributed by atoms with Crippen LogP contribution in [0.1, 0.15) is 52.8 Å². The molecule has 33 heavy (non-hydrogen) atoms. The molecule has 0 spiro atoms. The fraction of sp³-hybridized carbons (Fsp3) is 0.593. The summed E-state index contributed by atoms with van der Waals surface area (Å²) in [6.45, 7) is 7.71. The molecule has 2 fully saturated rings. The lowest BCUT2D eigenvalue weighted by atomic mass is 9.72. The highest BCUT2D eigenvalue weighted by molar-refractivity contribution is 5.89. The van der Waals surface area contributed by atoms with E-state index in [4.69, 9.17) is 9.47 Å². The fourth-order valence-electron chi connectivity index (χ4n) is 6.60. The van der Waals surface area contributed by atoms with Crippen LogP contribution in [-0.4, -0.2) is 66.2 Å². The molecule has 0 aliphatic carbocycles. The number of para-hydroxylation sites is 1. The number of H-pyrrole nitrogens is 1. The molecule has 4 atom stereocenters. The summed E-state index contributed by atoms with van der Waals surface area (Å²) in [7, 11) is 0. The normalized spacial score (nSPS) is 30.0. The van der Waals surface area contributed by atoms with Gasteiger partial charge in [-0.3, -0.25) is 9.80 Å². The number of hydrogen-bond donors (Lipinski definition) is 1. The van der Waals surface area contributed by atoms with Crippen molar-refractivity contribution in [1.29, 1.82) is 0 Å². The maximum absolute atomic E-state index is 13.1. The van der Waals surface area contributed by atoms with Crippen molar-refractivity contribution in [2.45, 2.75) is 51.2 Å². The molecule has 0 radical (unpaired) electrons. The number of benzene rings is 1. The Bertz CT molecular complexity index is 1070. The summed E-state index contributed by atoms with van der Waals surface area (Å²) in [4.78, 5) is 21.9. The molecule has 5 heterocycles. The van der Waals surface area contributed by atoms with Crippen molar-refractivity contribution in [2.24, 2.45) is 11.8 Å². The number of carbonyl (C=O) groups excluding carboxylic acids is 1. The molecule has 180 valence electrons. The van der Waals surface area contributed by atoms with E-state index in [9.17, 15) is 4.79 Å². The number of piperidine rings is 2. The van der Waals surface area contributed by atoms with E-state index in [0.29, 0.717) is 18.6 Å². The lowest BCUT2D eigenvalue weighted by molar-refractivity contribution is -0.142. The highest BCUT2D eigenvalue weighted by Crippen LogP contribution is 2.47. The van der Waals surface area contributed by atoms with Crippen LogP contribution in [0.15, 0.2) is 36.1 Å². The predicted octanol–water partition coefficient (Wildman–Crippen LogP) is 4.53. The molecule has 1 N–H and O–H groups in total. The third-order valence-electron chi connectivity index (χ3n) is 8.45. The minimum atomic E-state index is -0.185. The van der Waals surface area contributed by atoms with Gasteiger partial charge >= 0.3 is 5.97 Å². The van der Waals surface area contributed by atoms with Crippen LogP contribution in [0.5, 0.6) is 0 Å². The van der Waals surface area contributed by atoms with Gasteiger partial charge in [0.05, 0.1) is 24.0 Å². The Labute approximate surface area is 198 Å². The number of aromatic amines is 1. The fourth-order valence-corrected chi connectivity index (χ4v) is 6.60. The van der Waals surface area contributed by atoms with Gasteiger partial charge in [-0.1, -0.05) is 24.6 Å². The first-order chi connectivity index (χ1) is 16.2. The second kappa shape index (κ2) is 8.80. The first-order valence-electron chi connectivity index (χ1n) is 12.8. The van der Waals surface area contributed by atoms with Gasteiger partial charge in [-0.15, -0.1) is 0 Å². The van der Waals surface area contributed by atoms with E-state index in [0.717, 1.165) is 51.1 Å². The van der Waals surface area contributed by atoms with E-state index in [1.807, 2.05) is 0 Å². The molecule has 0 saturated carbocycles. The van der Waals surface area contributed by atoms with Crippen molar-refractivity contribution in [3.63, 3.8) is 0 Å². The lowest BCUT2D eigenvalue weighted by Gasteiger charge is -2.49. The minimum absolute atomic E-state index is 0. The Balaban J connectivity index is 0.00000144. The largest absolute Gasteiger partial charge is 0.497 e. The second-order valence-corrected chi connectivity index (χ2v) is 10.3. The number of nitrogens with one attached hydrogen (secondary N) is 1. The quantitative estimate of drug-likeness (QED) is 0.690. The number of nitrogens with zero attached hydrogens (tertiary/aromatic N) is 2. The second-order valence-electron chi connectivity index (χ2n) is 10.3. The number of esters is 1. The van der Waals surface area contributed by atoms with Crippen molar-refractivity contribution < 1.29 is 17.1 Å². The van der Waals surface area contributed by atoms with E-state index in [1.54, 1.807) is 6.26 Å². The molecule has 1 aromatic carbocycles. The number of rotatable bonds is 4. The highest BCUT2D eigenvalue weighted by atomic mass is 16.5. The van der Waals surface area contributed by atoms with Crippen LogP contribution in [0, 0.1) is 11.8 Å². The summed E-state index contributed by atoms with van der Waals surface area (Å²) in [6, 6.07) is 8.94. The zero-order valence-corrected chi connectivity index (χ0v) is 19.6. The molecule has 6 rings (SSSR count). The lowest BCUT2D eigenvalue weighted by Crippen LogP contribution is -2.51. The number of carbonyl (C=O) groups is 1. The van der Waals surface area contributed by atoms with Crippen LogP contribution in [0.3, 0.4) is 0 Å². The number of likely N-dealkylation sites (tertiary alicyclic amines) is 1. The molecule has 2 unspecified atom stereocenters. The van der Waals surface area contributed by atoms with Crippen LogP contribution in [0.4, 0.5) is 0 Å². The Kier molecular flexibility index (Phi) is 5.67. The van der Waals surface area contributed by atoms with Gasteiger partial charge in [-0.2, -0.15) is 0 Å². The Morgan fingerprint density at radius 2 is 2.06 bits per heavy atom. The molecule has 2 saturated heterocycles. The monoisotopic (exact) mass is 453 g/mol. The average molecular weight is 454 g/mol. The first kappa shape index (κ1) is 21.2. The van der Waals surface area contributed by atoms with Crippen LogP contribution < -0.4 is 0 Å². The molecule has 1 aromatic heterocycles. The Morgan fingerprint density at radius 1 is 1.21 bits per heavy atom. The Hall–Kier alpha value is -2.31. The SMILES string of the molecule is C[C@@H]1OC=C(C(=O)OCCN2CCCCC2)C2CC3c4[nH]c5ccccc5c4CCN3C[C@@H]21.[HH].[HH]. The number of aromatic nitrogens is 1. The minimum Gasteiger partial charge on any atom is -0.497 e. The zero-order valence-electron chi connectivity index (χ0n) is 19.6. The van der Waals surface area contributed by atoms with E-state index in [2.05, 4.69) is 46.0 Å². The standard InChI is InChI=1S/C27H35N3O3.2H2/c1-18-22-16-30-12-9-20-19-7-3-4-8-24(19)28-26(20)25(30)15-21(22)23(17-33-18)27(31)32-14-13-29-10-5-2-6-11-29;;/h3-4,7-8,17-18,21-22,25,28H,2,5-6,9-16H2,1H3;2*1H/t18-,21?,22+,25?;;/m0../s1. The predicted molar refractivity (Wildman–Crippen MR) is 132 cm³/mol. The van der Waals surface area contributed by atoms with E-state index < -0.39 is 0 Å². The maximum Gasteiger partial charge on any atom is 0.337 e. The van der Waals surface area contributed by atoms with Crippen molar-refractivity contribution in [3.05, 3.63) is 47.4 Å².